The second-order valence-corrected chi connectivity index (χ2v) is 10.4. The Bertz CT molecular complexity index is 1210. The molecule has 5 N–H and O–H groups in total. The minimum absolute atomic E-state index is 0.132. The molecule has 14 heteroatoms. The van der Waals surface area contributed by atoms with E-state index in [2.05, 4.69) is 21.9 Å². The van der Waals surface area contributed by atoms with Crippen LogP contribution in [0.25, 0.3) is 0 Å². The molecule has 38 heavy (non-hydrogen) atoms. The van der Waals surface area contributed by atoms with Crippen LogP contribution in [-0.4, -0.2) is 78.0 Å². The van der Waals surface area contributed by atoms with Crippen LogP contribution >= 0.6 is 7.75 Å². The van der Waals surface area contributed by atoms with Gasteiger partial charge in [0.05, 0.1) is 18.9 Å². The van der Waals surface area contributed by atoms with Crippen LogP contribution in [0.4, 0.5) is 0 Å². The molecular weight excluding hydrogens is 517 g/mol. The van der Waals surface area contributed by atoms with Crippen LogP contribution in [0, 0.1) is 0 Å². The maximum absolute atomic E-state index is 13.7. The molecule has 0 saturated carbocycles. The molecule has 1 saturated heterocycles. The molecule has 208 valence electrons. The molecule has 0 amide bonds. The number of aliphatic hydroxyl groups excluding tert-OH is 2. The molecule has 13 nitrogen and oxygen atoms in total. The lowest BCUT2D eigenvalue weighted by molar-refractivity contribution is -0.144. The van der Waals surface area contributed by atoms with Crippen LogP contribution in [0.2, 0.25) is 0 Å². The zero-order chi connectivity index (χ0) is 28.1. The van der Waals surface area contributed by atoms with Gasteiger partial charge < -0.3 is 29.9 Å². The van der Waals surface area contributed by atoms with Gasteiger partial charge in [-0.15, -0.1) is 0 Å². The number of aliphatic imine (C=N–C) groups is 1. The quantitative estimate of drug-likeness (QED) is 0.130. The number of nitrogens with zero attached hydrogens (tertiary/aromatic N) is 3. The highest BCUT2D eigenvalue weighted by atomic mass is 31.2. The summed E-state index contributed by atoms with van der Waals surface area (Å²) in [5, 5.41) is 28.3. The van der Waals surface area contributed by atoms with Crippen molar-refractivity contribution < 1.29 is 38.1 Å². The number of carbonyl (C=O) groups excluding carboxylic acids is 1. The van der Waals surface area contributed by atoms with E-state index in [0.717, 1.165) is 0 Å². The van der Waals surface area contributed by atoms with E-state index in [1.807, 2.05) is 0 Å². The van der Waals surface area contributed by atoms with E-state index >= 15 is 0 Å². The number of hydrogen-bond acceptors (Lipinski definition) is 10. The Morgan fingerprint density at radius 2 is 2.00 bits per heavy atom. The monoisotopic (exact) mass is 551 g/mol. The van der Waals surface area contributed by atoms with Gasteiger partial charge in [0.1, 0.15) is 47.2 Å². The summed E-state index contributed by atoms with van der Waals surface area (Å²) in [5.41, 5.74) is 5.23. The molecule has 1 aliphatic heterocycles. The fourth-order valence-electron chi connectivity index (χ4n) is 4.03. The van der Waals surface area contributed by atoms with Crippen LogP contribution < -0.4 is 15.3 Å². The topological polar surface area (TPSA) is 179 Å². The third-order valence-corrected chi connectivity index (χ3v) is 7.69. The van der Waals surface area contributed by atoms with Crippen LogP contribution in [0.3, 0.4) is 0 Å². The zero-order valence-electron chi connectivity index (χ0n) is 21.7. The first-order chi connectivity index (χ1) is 18.0. The summed E-state index contributed by atoms with van der Waals surface area (Å²) in [4.78, 5) is 16.1. The Kier molecular flexibility index (Phi) is 9.47. The van der Waals surface area contributed by atoms with Crippen molar-refractivity contribution in [2.75, 3.05) is 20.3 Å². The molecule has 1 aromatic carbocycles. The number of ether oxygens (including phenoxy) is 2. The van der Waals surface area contributed by atoms with Gasteiger partial charge in [-0.2, -0.15) is 10.2 Å². The number of benzene rings is 1. The Balaban J connectivity index is 1.83. The van der Waals surface area contributed by atoms with Crippen LogP contribution in [0.1, 0.15) is 32.2 Å². The Morgan fingerprint density at radius 1 is 1.32 bits per heavy atom. The summed E-state index contributed by atoms with van der Waals surface area (Å²) in [5.74, 6) is -0.257. The lowest BCUT2D eigenvalue weighted by Crippen LogP contribution is -2.40. The van der Waals surface area contributed by atoms with E-state index in [1.54, 1.807) is 56.3 Å². The minimum Gasteiger partial charge on any atom is -0.465 e. The van der Waals surface area contributed by atoms with E-state index in [4.69, 9.17) is 24.3 Å². The summed E-state index contributed by atoms with van der Waals surface area (Å²) in [6.07, 6.45) is -4.02. The number of nitrogens with one attached hydrogen (secondary N) is 1. The maximum Gasteiger partial charge on any atom is 0.459 e. The molecule has 0 radical (unpaired) electrons. The highest BCUT2D eigenvalue weighted by Crippen LogP contribution is 2.47. The molecule has 3 rings (SSSR count). The Labute approximate surface area is 220 Å². The van der Waals surface area contributed by atoms with Crippen molar-refractivity contribution in [1.82, 2.24) is 9.76 Å². The van der Waals surface area contributed by atoms with Gasteiger partial charge in [0.25, 0.3) is 0 Å². The SMILES string of the molecule is C=Nn1c(C(N)=NC)ccc1[C@]1(C)O[C@H](COP(=O)(N[C@@H](C)C(=O)OCC)Oc2ccccc2)[C@@H](O)[C@H]1O. The number of aromatic nitrogens is 1. The van der Waals surface area contributed by atoms with Crippen LogP contribution in [0.15, 0.2) is 52.6 Å². The third kappa shape index (κ3) is 6.15. The number of carbonyl (C=O) groups is 1. The summed E-state index contributed by atoms with van der Waals surface area (Å²) in [6, 6.07) is 10.4. The number of esters is 1. The third-order valence-electron chi connectivity index (χ3n) is 6.04. The average Bonchev–Trinajstić information content (AvgIpc) is 3.43. The molecule has 2 heterocycles. The zero-order valence-corrected chi connectivity index (χ0v) is 22.6. The second kappa shape index (κ2) is 12.2. The van der Waals surface area contributed by atoms with Crippen molar-refractivity contribution in [1.29, 1.82) is 0 Å². The summed E-state index contributed by atoms with van der Waals surface area (Å²) < 4.78 is 37.3. The fraction of sp³-hybridized carbons (Fsp3) is 0.458. The van der Waals surface area contributed by atoms with Crippen molar-refractivity contribution in [3.8, 4) is 5.75 Å². The number of hydrogen-bond donors (Lipinski definition) is 4. The molecule has 0 spiro atoms. The van der Waals surface area contributed by atoms with Gasteiger partial charge in [-0.05, 0) is 45.0 Å². The van der Waals surface area contributed by atoms with Gasteiger partial charge in [0.2, 0.25) is 0 Å². The molecule has 0 bridgehead atoms. The summed E-state index contributed by atoms with van der Waals surface area (Å²) >= 11 is 0. The van der Waals surface area contributed by atoms with Gasteiger partial charge in [-0.1, -0.05) is 18.2 Å². The number of para-hydroxylation sites is 1. The van der Waals surface area contributed by atoms with Crippen molar-refractivity contribution in [3.63, 3.8) is 0 Å². The van der Waals surface area contributed by atoms with Gasteiger partial charge in [0.15, 0.2) is 0 Å². The maximum atomic E-state index is 13.7. The molecule has 1 fully saturated rings. The van der Waals surface area contributed by atoms with Crippen LogP contribution in [-0.2, 0) is 29.0 Å². The smallest absolute Gasteiger partial charge is 0.459 e. The first kappa shape index (κ1) is 29.5. The normalized spacial score (nSPS) is 25.9. The molecule has 2 aromatic rings. The highest BCUT2D eigenvalue weighted by Gasteiger charge is 2.54. The fourth-order valence-corrected chi connectivity index (χ4v) is 5.53. The Morgan fingerprint density at radius 3 is 2.61 bits per heavy atom. The lowest BCUT2D eigenvalue weighted by atomic mass is 9.93. The van der Waals surface area contributed by atoms with Gasteiger partial charge in [-0.25, -0.2) is 9.24 Å². The molecule has 1 aromatic heterocycles. The van der Waals surface area contributed by atoms with Gasteiger partial charge >= 0.3 is 13.7 Å². The molecule has 1 aliphatic rings. The Hall–Kier alpha value is -3.06. The van der Waals surface area contributed by atoms with E-state index in [0.29, 0.717) is 11.4 Å². The average molecular weight is 552 g/mol. The van der Waals surface area contributed by atoms with Crippen molar-refractivity contribution in [2.24, 2.45) is 15.8 Å². The van der Waals surface area contributed by atoms with Crippen molar-refractivity contribution in [3.05, 3.63) is 53.9 Å². The number of rotatable bonds is 12. The van der Waals surface area contributed by atoms with Crippen LogP contribution in [0.5, 0.6) is 5.75 Å². The lowest BCUT2D eigenvalue weighted by Gasteiger charge is -2.28. The van der Waals surface area contributed by atoms with Crippen molar-refractivity contribution in [2.45, 2.75) is 50.7 Å². The van der Waals surface area contributed by atoms with E-state index in [1.165, 1.54) is 18.6 Å². The number of aliphatic hydroxyl groups is 2. The number of amidine groups is 1. The second-order valence-electron chi connectivity index (χ2n) is 8.67. The van der Waals surface area contributed by atoms with E-state index in [-0.39, 0.29) is 18.2 Å². The largest absolute Gasteiger partial charge is 0.465 e. The van der Waals surface area contributed by atoms with Gasteiger partial charge in [-0.3, -0.25) is 14.3 Å². The van der Waals surface area contributed by atoms with E-state index in [9.17, 15) is 19.6 Å². The van der Waals surface area contributed by atoms with Crippen molar-refractivity contribution >= 4 is 26.3 Å². The summed E-state index contributed by atoms with van der Waals surface area (Å²) in [7, 11) is -2.69. The first-order valence-electron chi connectivity index (χ1n) is 11.9. The minimum atomic E-state index is -4.21. The highest BCUT2D eigenvalue weighted by molar-refractivity contribution is 7.52. The van der Waals surface area contributed by atoms with Gasteiger partial charge in [0, 0.05) is 13.8 Å². The molecular formula is C24H34N5O8P. The standard InChI is InChI=1S/C24H34N5O8P/c1-6-34-23(32)15(2)28-38(33,37-16-10-8-7-9-11-16)35-14-18-20(30)21(31)24(3,36-18)19-13-12-17(22(25)26-4)29(19)27-5/h7-13,15,18,20-21,30-31H,5-6,14H2,1-4H3,(H2,25,26)(H,28,33)/t15-,18+,20+,21+,24-,38?/m0/s1. The molecule has 0 aliphatic carbocycles. The van der Waals surface area contributed by atoms with E-state index < -0.39 is 50.3 Å². The predicted molar refractivity (Wildman–Crippen MR) is 140 cm³/mol. The molecule has 6 atom stereocenters. The summed E-state index contributed by atoms with van der Waals surface area (Å²) in [6.45, 7) is 7.87. The predicted octanol–water partition coefficient (Wildman–Crippen LogP) is 1.37. The number of nitrogens with two attached hydrogens (primary N) is 1. The molecule has 1 unspecified atom stereocenters. The first-order valence-corrected chi connectivity index (χ1v) is 13.4.